The minimum Gasteiger partial charge on any atom is -0.399 e. The number of nitrogens with two attached hydrogens (primary N) is 1. The third-order valence-corrected chi connectivity index (χ3v) is 3.50. The van der Waals surface area contributed by atoms with E-state index in [4.69, 9.17) is 5.73 Å². The summed E-state index contributed by atoms with van der Waals surface area (Å²) < 4.78 is 0. The first kappa shape index (κ1) is 12.5. The Balaban J connectivity index is 1.90. The topological polar surface area (TPSA) is 50.9 Å². The molecule has 2 aromatic carbocycles. The van der Waals surface area contributed by atoms with Crippen LogP contribution in [0, 0.1) is 6.92 Å². The lowest BCUT2D eigenvalue weighted by Crippen LogP contribution is -2.02. The molecular formula is C17H17N3. The molecule has 0 aliphatic carbocycles. The fraction of sp³-hybridized carbons (Fsp3) is 0.118. The van der Waals surface area contributed by atoms with E-state index in [-0.39, 0.29) is 0 Å². The van der Waals surface area contributed by atoms with Crippen molar-refractivity contribution in [3.63, 3.8) is 0 Å². The van der Waals surface area contributed by atoms with E-state index in [1.165, 1.54) is 11.1 Å². The largest absolute Gasteiger partial charge is 0.399 e. The second kappa shape index (κ2) is 5.21. The molecule has 3 heteroatoms. The standard InChI is InChI=1S/C17H17N3/c1-12-4-2-3-5-13(12)11-20-16-8-9-19-17-10-14(18)6-7-15(16)17/h2-10H,11,18H2,1H3,(H,19,20). The molecule has 3 aromatic rings. The molecule has 0 spiro atoms. The number of hydrogen-bond acceptors (Lipinski definition) is 3. The van der Waals surface area contributed by atoms with Crippen LogP contribution in [-0.4, -0.2) is 4.98 Å². The maximum atomic E-state index is 5.80. The SMILES string of the molecule is Cc1ccccc1CNc1ccnc2cc(N)ccc12. The van der Waals surface area contributed by atoms with Crippen molar-refractivity contribution in [3.8, 4) is 0 Å². The Morgan fingerprint density at radius 3 is 2.80 bits per heavy atom. The molecule has 3 nitrogen and oxygen atoms in total. The molecule has 100 valence electrons. The average molecular weight is 263 g/mol. The van der Waals surface area contributed by atoms with Gasteiger partial charge in [0, 0.05) is 29.5 Å². The maximum Gasteiger partial charge on any atom is 0.0743 e. The Kier molecular flexibility index (Phi) is 3.25. The van der Waals surface area contributed by atoms with Gasteiger partial charge >= 0.3 is 0 Å². The number of nitrogen functional groups attached to an aromatic ring is 1. The van der Waals surface area contributed by atoms with Crippen LogP contribution in [0.25, 0.3) is 10.9 Å². The highest BCUT2D eigenvalue weighted by molar-refractivity contribution is 5.92. The van der Waals surface area contributed by atoms with Crippen LogP contribution in [0.2, 0.25) is 0 Å². The number of benzene rings is 2. The summed E-state index contributed by atoms with van der Waals surface area (Å²) in [5.41, 5.74) is 11.1. The summed E-state index contributed by atoms with van der Waals surface area (Å²) in [5, 5.41) is 4.58. The molecule has 0 atom stereocenters. The molecule has 0 saturated heterocycles. The van der Waals surface area contributed by atoms with E-state index in [0.29, 0.717) is 0 Å². The van der Waals surface area contributed by atoms with Crippen LogP contribution in [0.1, 0.15) is 11.1 Å². The summed E-state index contributed by atoms with van der Waals surface area (Å²) >= 11 is 0. The van der Waals surface area contributed by atoms with Crippen molar-refractivity contribution < 1.29 is 0 Å². The van der Waals surface area contributed by atoms with E-state index in [0.717, 1.165) is 28.8 Å². The predicted octanol–water partition coefficient (Wildman–Crippen LogP) is 3.74. The molecule has 0 radical (unpaired) electrons. The first-order valence-corrected chi connectivity index (χ1v) is 6.66. The van der Waals surface area contributed by atoms with Gasteiger partial charge in [-0.2, -0.15) is 0 Å². The van der Waals surface area contributed by atoms with Crippen molar-refractivity contribution >= 4 is 22.3 Å². The summed E-state index contributed by atoms with van der Waals surface area (Å²) in [6.45, 7) is 2.93. The monoisotopic (exact) mass is 263 g/mol. The van der Waals surface area contributed by atoms with Gasteiger partial charge in [0.2, 0.25) is 0 Å². The molecule has 0 aliphatic heterocycles. The van der Waals surface area contributed by atoms with Crippen LogP contribution in [0.3, 0.4) is 0 Å². The van der Waals surface area contributed by atoms with E-state index in [9.17, 15) is 0 Å². The minimum atomic E-state index is 0.737. The fourth-order valence-corrected chi connectivity index (χ4v) is 2.32. The third-order valence-electron chi connectivity index (χ3n) is 3.50. The first-order chi connectivity index (χ1) is 9.74. The highest BCUT2D eigenvalue weighted by Crippen LogP contribution is 2.24. The molecule has 1 aromatic heterocycles. The molecule has 3 N–H and O–H groups in total. The Bertz CT molecular complexity index is 750. The van der Waals surface area contributed by atoms with Gasteiger partial charge < -0.3 is 11.1 Å². The van der Waals surface area contributed by atoms with Crippen molar-refractivity contribution in [1.82, 2.24) is 4.98 Å². The summed E-state index contributed by atoms with van der Waals surface area (Å²) in [7, 11) is 0. The predicted molar refractivity (Wildman–Crippen MR) is 84.7 cm³/mol. The number of rotatable bonds is 3. The van der Waals surface area contributed by atoms with E-state index in [1.54, 1.807) is 0 Å². The molecule has 0 saturated carbocycles. The van der Waals surface area contributed by atoms with Gasteiger partial charge in [-0.05, 0) is 42.3 Å². The number of aromatic nitrogens is 1. The van der Waals surface area contributed by atoms with Gasteiger partial charge in [-0.15, -0.1) is 0 Å². The smallest absolute Gasteiger partial charge is 0.0743 e. The van der Waals surface area contributed by atoms with Crippen LogP contribution in [0.15, 0.2) is 54.7 Å². The Hall–Kier alpha value is -2.55. The number of aryl methyl sites for hydroxylation is 1. The summed E-state index contributed by atoms with van der Waals surface area (Å²) in [6, 6.07) is 16.2. The zero-order valence-corrected chi connectivity index (χ0v) is 11.4. The van der Waals surface area contributed by atoms with E-state index in [1.807, 2.05) is 30.5 Å². The molecule has 0 bridgehead atoms. The second-order valence-corrected chi connectivity index (χ2v) is 4.92. The van der Waals surface area contributed by atoms with Crippen LogP contribution in [0.5, 0.6) is 0 Å². The van der Waals surface area contributed by atoms with Crippen molar-refractivity contribution in [2.45, 2.75) is 13.5 Å². The van der Waals surface area contributed by atoms with Gasteiger partial charge in [0.05, 0.1) is 5.52 Å². The number of fused-ring (bicyclic) bond motifs is 1. The molecule has 1 heterocycles. The minimum absolute atomic E-state index is 0.737. The van der Waals surface area contributed by atoms with Gasteiger partial charge in [0.1, 0.15) is 0 Å². The number of hydrogen-bond donors (Lipinski definition) is 2. The van der Waals surface area contributed by atoms with Crippen molar-refractivity contribution in [3.05, 3.63) is 65.9 Å². The van der Waals surface area contributed by atoms with Gasteiger partial charge in [0.25, 0.3) is 0 Å². The van der Waals surface area contributed by atoms with E-state index < -0.39 is 0 Å². The molecule has 0 amide bonds. The van der Waals surface area contributed by atoms with E-state index >= 15 is 0 Å². The molecule has 20 heavy (non-hydrogen) atoms. The number of nitrogens with one attached hydrogen (secondary N) is 1. The third kappa shape index (κ3) is 2.43. The van der Waals surface area contributed by atoms with Crippen molar-refractivity contribution in [2.75, 3.05) is 11.1 Å². The lowest BCUT2D eigenvalue weighted by Gasteiger charge is -2.11. The van der Waals surface area contributed by atoms with Gasteiger partial charge in [0.15, 0.2) is 0 Å². The highest BCUT2D eigenvalue weighted by Gasteiger charge is 2.03. The fourth-order valence-electron chi connectivity index (χ4n) is 2.32. The first-order valence-electron chi connectivity index (χ1n) is 6.66. The summed E-state index contributed by atoms with van der Waals surface area (Å²) in [6.07, 6.45) is 1.81. The number of anilines is 2. The van der Waals surface area contributed by atoms with Crippen LogP contribution in [0.4, 0.5) is 11.4 Å². The maximum absolute atomic E-state index is 5.80. The zero-order valence-electron chi connectivity index (χ0n) is 11.4. The molecule has 3 rings (SSSR count). The summed E-state index contributed by atoms with van der Waals surface area (Å²) in [4.78, 5) is 4.36. The molecule has 0 unspecified atom stereocenters. The lowest BCUT2D eigenvalue weighted by molar-refractivity contribution is 1.12. The van der Waals surface area contributed by atoms with Crippen LogP contribution in [-0.2, 0) is 6.54 Å². The Morgan fingerprint density at radius 1 is 1.10 bits per heavy atom. The Morgan fingerprint density at radius 2 is 1.95 bits per heavy atom. The second-order valence-electron chi connectivity index (χ2n) is 4.92. The normalized spacial score (nSPS) is 10.7. The number of pyridine rings is 1. The van der Waals surface area contributed by atoms with Crippen molar-refractivity contribution in [2.24, 2.45) is 0 Å². The van der Waals surface area contributed by atoms with Crippen molar-refractivity contribution in [1.29, 1.82) is 0 Å². The lowest BCUT2D eigenvalue weighted by atomic mass is 10.1. The number of nitrogens with zero attached hydrogens (tertiary/aromatic N) is 1. The van der Waals surface area contributed by atoms with Gasteiger partial charge in [-0.1, -0.05) is 24.3 Å². The molecule has 0 fully saturated rings. The van der Waals surface area contributed by atoms with E-state index in [2.05, 4.69) is 41.5 Å². The van der Waals surface area contributed by atoms with Crippen LogP contribution >= 0.6 is 0 Å². The molecule has 0 aliphatic rings. The van der Waals surface area contributed by atoms with Gasteiger partial charge in [-0.25, -0.2) is 0 Å². The zero-order chi connectivity index (χ0) is 13.9. The average Bonchev–Trinajstić information content (AvgIpc) is 2.46. The quantitative estimate of drug-likeness (QED) is 0.708. The highest BCUT2D eigenvalue weighted by atomic mass is 14.9. The molecular weight excluding hydrogens is 246 g/mol. The summed E-state index contributed by atoms with van der Waals surface area (Å²) in [5.74, 6) is 0. The van der Waals surface area contributed by atoms with Gasteiger partial charge in [-0.3, -0.25) is 4.98 Å². The van der Waals surface area contributed by atoms with Crippen LogP contribution < -0.4 is 11.1 Å². The Labute approximate surface area is 118 Å².